The lowest BCUT2D eigenvalue weighted by molar-refractivity contribution is 0.281. The number of aliphatic hydroxyl groups is 1. The Bertz CT molecular complexity index is 322. The number of hydrogen-bond donors (Lipinski definition) is 2. The zero-order valence-electron chi connectivity index (χ0n) is 8.59. The monoisotopic (exact) mass is 191 g/mol. The zero-order chi connectivity index (χ0) is 9.97. The highest BCUT2D eigenvalue weighted by molar-refractivity contribution is 5.35. The van der Waals surface area contributed by atoms with Crippen LogP contribution in [0.4, 0.5) is 0 Å². The van der Waals surface area contributed by atoms with Crippen LogP contribution in [0.1, 0.15) is 35.6 Å². The molecule has 2 nitrogen and oxygen atoms in total. The summed E-state index contributed by atoms with van der Waals surface area (Å²) in [6, 6.07) is 6.82. The molecule has 1 aromatic carbocycles. The highest BCUT2D eigenvalue weighted by atomic mass is 16.3. The van der Waals surface area contributed by atoms with Gasteiger partial charge in [-0.2, -0.15) is 0 Å². The Labute approximate surface area is 85.0 Å². The van der Waals surface area contributed by atoms with Crippen molar-refractivity contribution in [3.63, 3.8) is 0 Å². The average molecular weight is 191 g/mol. The lowest BCUT2D eigenvalue weighted by atomic mass is 9.87. The fourth-order valence-corrected chi connectivity index (χ4v) is 2.27. The molecule has 1 aliphatic rings. The van der Waals surface area contributed by atoms with Gasteiger partial charge in [0.1, 0.15) is 0 Å². The van der Waals surface area contributed by atoms with Crippen LogP contribution in [0.2, 0.25) is 0 Å². The number of benzene rings is 1. The molecule has 0 heterocycles. The molecule has 0 fully saturated rings. The molecule has 2 rings (SSSR count). The molecule has 1 aliphatic carbocycles. The molecule has 1 atom stereocenters. The maximum absolute atomic E-state index is 9.05. The molecule has 76 valence electrons. The predicted octanol–water partition coefficient (Wildman–Crippen LogP) is 1.78. The Morgan fingerprint density at radius 2 is 2.36 bits per heavy atom. The summed E-state index contributed by atoms with van der Waals surface area (Å²) in [7, 11) is 2.01. The van der Waals surface area contributed by atoms with Gasteiger partial charge < -0.3 is 10.4 Å². The first-order valence-electron chi connectivity index (χ1n) is 5.25. The summed E-state index contributed by atoms with van der Waals surface area (Å²) in [6.45, 7) is 0.150. The number of aliphatic hydroxyl groups excluding tert-OH is 1. The second-order valence-electron chi connectivity index (χ2n) is 3.92. The van der Waals surface area contributed by atoms with Gasteiger partial charge in [0.25, 0.3) is 0 Å². The van der Waals surface area contributed by atoms with Crippen LogP contribution in [0.3, 0.4) is 0 Å². The van der Waals surface area contributed by atoms with Gasteiger partial charge in [-0.1, -0.05) is 18.2 Å². The minimum Gasteiger partial charge on any atom is -0.392 e. The highest BCUT2D eigenvalue weighted by Crippen LogP contribution is 2.29. The Kier molecular flexibility index (Phi) is 2.85. The molecule has 0 bridgehead atoms. The molecule has 0 radical (unpaired) electrons. The lowest BCUT2D eigenvalue weighted by Crippen LogP contribution is -2.21. The average Bonchev–Trinajstić information content (AvgIpc) is 2.27. The molecular formula is C12H17NO. The minimum absolute atomic E-state index is 0.150. The van der Waals surface area contributed by atoms with Crippen molar-refractivity contribution in [2.75, 3.05) is 7.05 Å². The largest absolute Gasteiger partial charge is 0.392 e. The summed E-state index contributed by atoms with van der Waals surface area (Å²) in [5.74, 6) is 0. The maximum Gasteiger partial charge on any atom is 0.0681 e. The topological polar surface area (TPSA) is 32.3 Å². The summed E-state index contributed by atoms with van der Waals surface area (Å²) in [5.41, 5.74) is 3.85. The predicted molar refractivity (Wildman–Crippen MR) is 57.1 cm³/mol. The molecule has 1 aromatic rings. The second-order valence-corrected chi connectivity index (χ2v) is 3.92. The van der Waals surface area contributed by atoms with E-state index in [1.54, 1.807) is 0 Å². The van der Waals surface area contributed by atoms with Gasteiger partial charge in [-0.25, -0.2) is 0 Å². The quantitative estimate of drug-likeness (QED) is 0.746. The molecular weight excluding hydrogens is 174 g/mol. The molecule has 2 N–H and O–H groups in total. The van der Waals surface area contributed by atoms with E-state index in [0.717, 1.165) is 12.0 Å². The lowest BCUT2D eigenvalue weighted by Gasteiger charge is -2.25. The zero-order valence-corrected chi connectivity index (χ0v) is 8.59. The van der Waals surface area contributed by atoms with Crippen LogP contribution >= 0.6 is 0 Å². The van der Waals surface area contributed by atoms with Crippen molar-refractivity contribution < 1.29 is 5.11 Å². The number of rotatable bonds is 2. The molecule has 0 aliphatic heterocycles. The maximum atomic E-state index is 9.05. The second kappa shape index (κ2) is 4.11. The summed E-state index contributed by atoms with van der Waals surface area (Å²) in [4.78, 5) is 0. The Morgan fingerprint density at radius 1 is 1.50 bits per heavy atom. The van der Waals surface area contributed by atoms with Gasteiger partial charge in [0, 0.05) is 6.04 Å². The van der Waals surface area contributed by atoms with Crippen molar-refractivity contribution in [1.29, 1.82) is 0 Å². The summed E-state index contributed by atoms with van der Waals surface area (Å²) < 4.78 is 0. The van der Waals surface area contributed by atoms with Crippen LogP contribution in [0.15, 0.2) is 18.2 Å². The third-order valence-corrected chi connectivity index (χ3v) is 3.05. The van der Waals surface area contributed by atoms with Gasteiger partial charge in [-0.05, 0) is 43.0 Å². The van der Waals surface area contributed by atoms with Gasteiger partial charge in [0.15, 0.2) is 0 Å². The Hall–Kier alpha value is -0.860. The SMILES string of the molecule is CNC1CCCc2cc(CO)ccc21. The third-order valence-electron chi connectivity index (χ3n) is 3.05. The first-order valence-corrected chi connectivity index (χ1v) is 5.25. The number of nitrogens with one attached hydrogen (secondary N) is 1. The molecule has 0 amide bonds. The fourth-order valence-electron chi connectivity index (χ4n) is 2.27. The summed E-state index contributed by atoms with van der Waals surface area (Å²) >= 11 is 0. The van der Waals surface area contributed by atoms with Crippen LogP contribution < -0.4 is 5.32 Å². The molecule has 14 heavy (non-hydrogen) atoms. The highest BCUT2D eigenvalue weighted by Gasteiger charge is 2.18. The van der Waals surface area contributed by atoms with Crippen LogP contribution in [-0.4, -0.2) is 12.2 Å². The van der Waals surface area contributed by atoms with E-state index in [1.807, 2.05) is 13.1 Å². The molecule has 2 heteroatoms. The van der Waals surface area contributed by atoms with E-state index in [1.165, 1.54) is 24.0 Å². The van der Waals surface area contributed by atoms with Gasteiger partial charge in [0.2, 0.25) is 0 Å². The molecule has 0 saturated carbocycles. The van der Waals surface area contributed by atoms with Crippen LogP contribution in [0.5, 0.6) is 0 Å². The van der Waals surface area contributed by atoms with Gasteiger partial charge in [-0.15, -0.1) is 0 Å². The summed E-state index contributed by atoms with van der Waals surface area (Å²) in [5, 5.41) is 12.4. The number of hydrogen-bond acceptors (Lipinski definition) is 2. The third kappa shape index (κ3) is 1.68. The first-order chi connectivity index (χ1) is 6.85. The van der Waals surface area contributed by atoms with Crippen molar-refractivity contribution in [2.24, 2.45) is 0 Å². The summed E-state index contributed by atoms with van der Waals surface area (Å²) in [6.07, 6.45) is 3.62. The minimum atomic E-state index is 0.150. The van der Waals surface area contributed by atoms with Crippen LogP contribution in [-0.2, 0) is 13.0 Å². The van der Waals surface area contributed by atoms with E-state index in [-0.39, 0.29) is 6.61 Å². The first kappa shape index (κ1) is 9.69. The molecule has 1 unspecified atom stereocenters. The van der Waals surface area contributed by atoms with E-state index in [0.29, 0.717) is 6.04 Å². The number of aryl methyl sites for hydroxylation is 1. The van der Waals surface area contributed by atoms with Crippen molar-refractivity contribution in [1.82, 2.24) is 5.32 Å². The Balaban J connectivity index is 2.35. The Morgan fingerprint density at radius 3 is 3.07 bits per heavy atom. The molecule has 0 spiro atoms. The van der Waals surface area contributed by atoms with Crippen LogP contribution in [0.25, 0.3) is 0 Å². The van der Waals surface area contributed by atoms with Crippen molar-refractivity contribution in [3.05, 3.63) is 34.9 Å². The van der Waals surface area contributed by atoms with E-state index in [9.17, 15) is 0 Å². The van der Waals surface area contributed by atoms with E-state index >= 15 is 0 Å². The normalized spacial score (nSPS) is 20.6. The smallest absolute Gasteiger partial charge is 0.0681 e. The van der Waals surface area contributed by atoms with Crippen molar-refractivity contribution >= 4 is 0 Å². The van der Waals surface area contributed by atoms with E-state index < -0.39 is 0 Å². The van der Waals surface area contributed by atoms with Crippen LogP contribution in [0, 0.1) is 0 Å². The van der Waals surface area contributed by atoms with E-state index in [2.05, 4.69) is 17.4 Å². The van der Waals surface area contributed by atoms with Gasteiger partial charge in [0.05, 0.1) is 6.61 Å². The molecule has 0 aromatic heterocycles. The standard InChI is InChI=1S/C12H17NO/c1-13-12-4-2-3-10-7-9(8-14)5-6-11(10)12/h5-7,12-14H,2-4,8H2,1H3. The van der Waals surface area contributed by atoms with Crippen molar-refractivity contribution in [2.45, 2.75) is 31.9 Å². The van der Waals surface area contributed by atoms with E-state index in [4.69, 9.17) is 5.11 Å². The van der Waals surface area contributed by atoms with Gasteiger partial charge in [-0.3, -0.25) is 0 Å². The molecule has 0 saturated heterocycles. The fraction of sp³-hybridized carbons (Fsp3) is 0.500. The van der Waals surface area contributed by atoms with Crippen molar-refractivity contribution in [3.8, 4) is 0 Å². The number of fused-ring (bicyclic) bond motifs is 1. The van der Waals surface area contributed by atoms with Gasteiger partial charge >= 0.3 is 0 Å².